The Hall–Kier alpha value is -1.30. The number of rotatable bonds is 15. The van der Waals surface area contributed by atoms with Crippen LogP contribution in [0, 0.1) is 0 Å². The minimum Gasteiger partial charge on any atom is -0.400 e. The van der Waals surface area contributed by atoms with Gasteiger partial charge in [0, 0.05) is 57.6 Å². The third kappa shape index (κ3) is 16.8. The fourth-order valence-corrected chi connectivity index (χ4v) is 3.03. The highest BCUT2D eigenvalue weighted by atomic mass is 32.2. The second kappa shape index (κ2) is 19.0. The van der Waals surface area contributed by atoms with Crippen molar-refractivity contribution in [3.63, 3.8) is 0 Å². The summed E-state index contributed by atoms with van der Waals surface area (Å²) in [7, 11) is 0.483. The van der Waals surface area contributed by atoms with Crippen LogP contribution in [-0.4, -0.2) is 84.0 Å². The van der Waals surface area contributed by atoms with E-state index in [1.807, 2.05) is 6.92 Å². The Morgan fingerprint density at radius 1 is 1.32 bits per heavy atom. The molecule has 164 valence electrons. The second-order valence-electron chi connectivity index (χ2n) is 5.15. The van der Waals surface area contributed by atoms with Gasteiger partial charge in [0.2, 0.25) is 24.1 Å². The molecule has 0 aromatic rings. The second-order valence-corrected chi connectivity index (χ2v) is 7.79. The summed E-state index contributed by atoms with van der Waals surface area (Å²) >= 11 is 1.46. The molecule has 0 aromatic carbocycles. The van der Waals surface area contributed by atoms with Crippen LogP contribution < -0.4 is 11.1 Å². The van der Waals surface area contributed by atoms with Crippen molar-refractivity contribution in [2.75, 3.05) is 39.7 Å². The number of thioether (sulfide) groups is 1. The van der Waals surface area contributed by atoms with E-state index in [2.05, 4.69) is 9.84 Å². The van der Waals surface area contributed by atoms with E-state index in [0.29, 0.717) is 12.2 Å². The summed E-state index contributed by atoms with van der Waals surface area (Å²) < 4.78 is 9.56. The lowest BCUT2D eigenvalue weighted by Crippen LogP contribution is -2.36. The average Bonchev–Trinajstić information content (AvgIpc) is 2.66. The maximum atomic E-state index is 12.1. The molecule has 0 saturated heterocycles. The van der Waals surface area contributed by atoms with Gasteiger partial charge in [-0.25, -0.2) is 0 Å². The highest BCUT2D eigenvalue weighted by Gasteiger charge is 2.17. The zero-order chi connectivity index (χ0) is 21.9. The minimum absolute atomic E-state index is 0.0308. The lowest BCUT2D eigenvalue weighted by Gasteiger charge is -2.18. The van der Waals surface area contributed by atoms with Crippen LogP contribution >= 0.6 is 20.4 Å². The fraction of sp³-hybridized carbons (Fsp3) is 0.733. The molecule has 0 aromatic heterocycles. The Morgan fingerprint density at radius 2 is 1.96 bits per heavy atom. The zero-order valence-electron chi connectivity index (χ0n) is 16.3. The van der Waals surface area contributed by atoms with Gasteiger partial charge in [-0.15, -0.1) is 0 Å². The van der Waals surface area contributed by atoms with Crippen LogP contribution in [0.5, 0.6) is 0 Å². The van der Waals surface area contributed by atoms with Crippen LogP contribution in [0.4, 0.5) is 0 Å². The van der Waals surface area contributed by atoms with Crippen molar-refractivity contribution in [2.24, 2.45) is 5.73 Å². The lowest BCUT2D eigenvalue weighted by atomic mass is 10.2. The third-order valence-corrected chi connectivity index (χ3v) is 4.88. The maximum absolute atomic E-state index is 12.1. The number of aliphatic hydroxyl groups is 1. The molecule has 0 aliphatic heterocycles. The van der Waals surface area contributed by atoms with Crippen molar-refractivity contribution >= 4 is 44.5 Å². The number of hydrogen-bond acceptors (Lipinski definition) is 9. The average molecular weight is 443 g/mol. The maximum Gasteiger partial charge on any atom is 0.329 e. The van der Waals surface area contributed by atoms with Gasteiger partial charge in [0.1, 0.15) is 0 Å². The summed E-state index contributed by atoms with van der Waals surface area (Å²) in [5, 5.41) is 9.42. The zero-order valence-corrected chi connectivity index (χ0v) is 18.0. The molecular weight excluding hydrogens is 413 g/mol. The van der Waals surface area contributed by atoms with Crippen molar-refractivity contribution in [3.8, 4) is 0 Å². The van der Waals surface area contributed by atoms with Gasteiger partial charge >= 0.3 is 8.60 Å². The van der Waals surface area contributed by atoms with Crippen LogP contribution in [0.2, 0.25) is 0 Å². The van der Waals surface area contributed by atoms with Crippen molar-refractivity contribution in [2.45, 2.75) is 31.4 Å². The van der Waals surface area contributed by atoms with Crippen molar-refractivity contribution in [1.29, 1.82) is 0 Å². The number of carbonyl (C=O) groups is 4. The molecule has 13 heteroatoms. The highest BCUT2D eigenvalue weighted by molar-refractivity contribution is 7.99. The summed E-state index contributed by atoms with van der Waals surface area (Å²) in [5.41, 5.74) is 4.96. The number of nitrogens with zero attached hydrogens (tertiary/aromatic N) is 1. The first-order chi connectivity index (χ1) is 13.3. The van der Waals surface area contributed by atoms with Gasteiger partial charge in [-0.05, 0) is 0 Å². The van der Waals surface area contributed by atoms with Gasteiger partial charge in [0.25, 0.3) is 0 Å². The van der Waals surface area contributed by atoms with E-state index in [-0.39, 0.29) is 56.0 Å². The van der Waals surface area contributed by atoms with E-state index >= 15 is 0 Å². The van der Waals surface area contributed by atoms with E-state index in [4.69, 9.17) is 20.3 Å². The number of aliphatic hydroxyl groups excluding tert-OH is 1. The Morgan fingerprint density at radius 3 is 2.50 bits per heavy atom. The molecule has 0 bridgehead atoms. The van der Waals surface area contributed by atoms with Crippen LogP contribution in [0.3, 0.4) is 0 Å². The number of amides is 4. The quantitative estimate of drug-likeness (QED) is 0.146. The first-order valence-electron chi connectivity index (χ1n) is 8.32. The van der Waals surface area contributed by atoms with E-state index in [1.54, 1.807) is 0 Å². The molecule has 0 saturated carbocycles. The predicted molar refractivity (Wildman–Crippen MR) is 106 cm³/mol. The number of nitrogens with two attached hydrogens (primary N) is 1. The molecular formula is C15H30N3O8PS. The number of primary amides is 1. The van der Waals surface area contributed by atoms with E-state index in [9.17, 15) is 19.2 Å². The molecule has 5 N–H and O–H groups in total. The van der Waals surface area contributed by atoms with Gasteiger partial charge in [0.15, 0.2) is 0 Å². The monoisotopic (exact) mass is 443 g/mol. The van der Waals surface area contributed by atoms with Crippen LogP contribution in [0.25, 0.3) is 0 Å². The van der Waals surface area contributed by atoms with Gasteiger partial charge in [-0.3, -0.25) is 24.1 Å². The third-order valence-electron chi connectivity index (χ3n) is 3.03. The van der Waals surface area contributed by atoms with Crippen molar-refractivity contribution < 1.29 is 38.2 Å². The normalized spacial score (nSPS) is 12.2. The summed E-state index contributed by atoms with van der Waals surface area (Å²) in [5.74, 6) is -0.721. The van der Waals surface area contributed by atoms with Gasteiger partial charge < -0.3 is 30.1 Å². The summed E-state index contributed by atoms with van der Waals surface area (Å²) in [6, 6.07) is 0. The Kier molecular flexibility index (Phi) is 19.7. The highest BCUT2D eigenvalue weighted by Crippen LogP contribution is 2.31. The molecule has 11 nitrogen and oxygen atoms in total. The molecule has 0 aliphatic carbocycles. The summed E-state index contributed by atoms with van der Waals surface area (Å²) in [4.78, 5) is 55.4. The number of carbonyl (C=O) groups excluding carboxylic acids is 4. The number of hydrogen-bond donors (Lipinski definition) is 4. The Labute approximate surface area is 170 Å². The molecule has 0 aliphatic rings. The molecule has 2 unspecified atom stereocenters. The van der Waals surface area contributed by atoms with Crippen LogP contribution in [0.1, 0.15) is 26.2 Å². The van der Waals surface area contributed by atoms with E-state index < -0.39 is 14.5 Å². The van der Waals surface area contributed by atoms with Crippen LogP contribution in [0.15, 0.2) is 0 Å². The Bertz CT molecular complexity index is 473. The first kappa shape index (κ1) is 28.9. The molecule has 28 heavy (non-hydrogen) atoms. The summed E-state index contributed by atoms with van der Waals surface area (Å²) in [6.45, 7) is 2.20. The molecule has 0 spiro atoms. The number of nitrogens with one attached hydrogen (secondary N) is 1. The largest absolute Gasteiger partial charge is 0.400 e. The molecule has 0 fully saturated rings. The smallest absolute Gasteiger partial charge is 0.329 e. The topological polar surface area (TPSA) is 168 Å². The molecule has 2 atom stereocenters. The molecule has 0 radical (unpaired) electrons. The fourth-order valence-electron chi connectivity index (χ4n) is 1.71. The van der Waals surface area contributed by atoms with E-state index in [0.717, 1.165) is 12.0 Å². The first-order valence-corrected chi connectivity index (χ1v) is 10.5. The van der Waals surface area contributed by atoms with Gasteiger partial charge in [-0.2, -0.15) is 11.8 Å². The molecule has 0 rings (SSSR count). The van der Waals surface area contributed by atoms with Crippen molar-refractivity contribution in [3.05, 3.63) is 0 Å². The Balaban J connectivity index is 0. The van der Waals surface area contributed by atoms with E-state index in [1.165, 1.54) is 18.9 Å². The van der Waals surface area contributed by atoms with Crippen molar-refractivity contribution in [1.82, 2.24) is 10.2 Å². The molecule has 4 amide bonds. The van der Waals surface area contributed by atoms with Crippen LogP contribution in [-0.2, 0) is 28.2 Å². The predicted octanol–water partition coefficient (Wildman–Crippen LogP) is -0.644. The van der Waals surface area contributed by atoms with Gasteiger partial charge in [-0.1, -0.05) is 6.92 Å². The lowest BCUT2D eigenvalue weighted by molar-refractivity contribution is -0.138. The SMILES string of the molecule is CO.COP(O)OCCSC(C)CC(=O)N(C=O)CCC(=O)NCCC(N)=O. The number of imide groups is 1. The minimum atomic E-state index is -1.86. The molecule has 0 heterocycles. The van der Waals surface area contributed by atoms with Gasteiger partial charge in [0.05, 0.1) is 6.61 Å². The standard InChI is InChI=1S/C14H26N3O7PS.CH4O/c1-11(26-8-7-24-25(22)23-2)9-14(21)17(10-18)6-4-13(20)16-5-3-12(15)19;1-2/h10-11,22H,3-9H2,1-2H3,(H2,15,19)(H,16,20);2H,1H3. The summed E-state index contributed by atoms with van der Waals surface area (Å²) in [6.07, 6.45) is 0.515.